The van der Waals surface area contributed by atoms with Gasteiger partial charge in [-0.1, -0.05) is 18.2 Å². The molecule has 0 saturated carbocycles. The van der Waals surface area contributed by atoms with Crippen molar-refractivity contribution in [3.8, 4) is 11.1 Å². The number of hydrogen-bond acceptors (Lipinski definition) is 5. The van der Waals surface area contributed by atoms with E-state index in [9.17, 15) is 9.59 Å². The molecule has 0 aliphatic carbocycles. The summed E-state index contributed by atoms with van der Waals surface area (Å²) < 4.78 is 5.01. The number of esters is 1. The zero-order valence-corrected chi connectivity index (χ0v) is 17.1. The lowest BCUT2D eigenvalue weighted by molar-refractivity contribution is -0.147. The van der Waals surface area contributed by atoms with E-state index in [-0.39, 0.29) is 23.8 Å². The Morgan fingerprint density at radius 2 is 2.03 bits per heavy atom. The minimum Gasteiger partial charge on any atom is -0.469 e. The Labute approximate surface area is 172 Å². The summed E-state index contributed by atoms with van der Waals surface area (Å²) in [7, 11) is 1.40. The predicted molar refractivity (Wildman–Crippen MR) is 112 cm³/mol. The Balaban J connectivity index is 1.64. The summed E-state index contributed by atoms with van der Waals surface area (Å²) in [6, 6.07) is 10.9. The van der Waals surface area contributed by atoms with Crippen LogP contribution in [0.15, 0.2) is 48.8 Å². The van der Waals surface area contributed by atoms with Crippen LogP contribution in [0.3, 0.4) is 0 Å². The maximum absolute atomic E-state index is 12.7. The van der Waals surface area contributed by atoms with E-state index in [1.165, 1.54) is 7.11 Å². The number of carbonyl (C=O) groups is 2. The van der Waals surface area contributed by atoms with Crippen LogP contribution in [0.5, 0.6) is 0 Å². The Morgan fingerprint density at radius 3 is 2.66 bits per heavy atom. The number of ether oxygens (including phenoxy) is 1. The van der Waals surface area contributed by atoms with E-state index < -0.39 is 0 Å². The van der Waals surface area contributed by atoms with Gasteiger partial charge in [0, 0.05) is 24.0 Å². The lowest BCUT2D eigenvalue weighted by atomic mass is 9.85. The molecule has 29 heavy (non-hydrogen) atoms. The molecule has 1 aliphatic heterocycles. The Hall–Kier alpha value is -2.73. The number of amides is 1. The fourth-order valence-electron chi connectivity index (χ4n) is 3.88. The van der Waals surface area contributed by atoms with Gasteiger partial charge in [0.05, 0.1) is 13.0 Å². The standard InChI is InChI=1S/C23H29N3O3/c1-16(21(23(28)29-2)13-17-5-3-11-24-14-17)26-22(27)19-9-7-18(8-10-19)20-6-4-12-25-15-20/h4,6-10,12,15-17,21,24H,3,5,11,13-14H2,1-2H3,(H,26,27)/t16-,17?,21-/m1/s1. The van der Waals surface area contributed by atoms with Gasteiger partial charge in [-0.2, -0.15) is 0 Å². The van der Waals surface area contributed by atoms with E-state index >= 15 is 0 Å². The van der Waals surface area contributed by atoms with E-state index in [0.717, 1.165) is 37.1 Å². The number of pyridine rings is 1. The number of aromatic nitrogens is 1. The van der Waals surface area contributed by atoms with Crippen LogP contribution in [0.1, 0.15) is 36.5 Å². The molecule has 1 aliphatic rings. The van der Waals surface area contributed by atoms with Crippen LogP contribution in [-0.2, 0) is 9.53 Å². The van der Waals surface area contributed by atoms with Crippen molar-refractivity contribution in [2.24, 2.45) is 11.8 Å². The van der Waals surface area contributed by atoms with E-state index in [2.05, 4.69) is 15.6 Å². The number of rotatable bonds is 7. The van der Waals surface area contributed by atoms with Gasteiger partial charge in [0.15, 0.2) is 0 Å². The molecular weight excluding hydrogens is 366 g/mol. The third kappa shape index (κ3) is 5.64. The monoisotopic (exact) mass is 395 g/mol. The van der Waals surface area contributed by atoms with Crippen LogP contribution >= 0.6 is 0 Å². The average Bonchev–Trinajstić information content (AvgIpc) is 2.78. The molecule has 1 aromatic carbocycles. The quantitative estimate of drug-likeness (QED) is 0.705. The average molecular weight is 396 g/mol. The second-order valence-electron chi connectivity index (χ2n) is 7.66. The van der Waals surface area contributed by atoms with Crippen molar-refractivity contribution in [2.75, 3.05) is 20.2 Å². The number of nitrogens with zero attached hydrogens (tertiary/aromatic N) is 1. The molecule has 2 aromatic rings. The molecule has 3 rings (SSSR count). The number of carbonyl (C=O) groups excluding carboxylic acids is 2. The summed E-state index contributed by atoms with van der Waals surface area (Å²) in [4.78, 5) is 29.2. The summed E-state index contributed by atoms with van der Waals surface area (Å²) >= 11 is 0. The second-order valence-corrected chi connectivity index (χ2v) is 7.66. The first-order valence-electron chi connectivity index (χ1n) is 10.2. The maximum Gasteiger partial charge on any atom is 0.310 e. The molecular formula is C23H29N3O3. The van der Waals surface area contributed by atoms with E-state index in [1.807, 2.05) is 31.2 Å². The third-order valence-corrected chi connectivity index (χ3v) is 5.59. The zero-order valence-electron chi connectivity index (χ0n) is 17.1. The van der Waals surface area contributed by atoms with E-state index in [4.69, 9.17) is 4.74 Å². The summed E-state index contributed by atoms with van der Waals surface area (Å²) in [6.45, 7) is 3.81. The van der Waals surface area contributed by atoms with Gasteiger partial charge in [-0.3, -0.25) is 14.6 Å². The molecule has 0 spiro atoms. The molecule has 1 saturated heterocycles. The Bertz CT molecular complexity index is 802. The van der Waals surface area contributed by atoms with Gasteiger partial charge in [-0.05, 0) is 74.5 Å². The molecule has 3 atom stereocenters. The number of piperidine rings is 1. The SMILES string of the molecule is COC(=O)[C@H](CC1CCCNC1)[C@@H](C)NC(=O)c1ccc(-c2cccnc2)cc1. The molecule has 2 N–H and O–H groups in total. The zero-order chi connectivity index (χ0) is 20.6. The first-order chi connectivity index (χ1) is 14.1. The van der Waals surface area contributed by atoms with Crippen LogP contribution in [0.4, 0.5) is 0 Å². The largest absolute Gasteiger partial charge is 0.469 e. The van der Waals surface area contributed by atoms with Gasteiger partial charge in [0.1, 0.15) is 0 Å². The Kier molecular flexibility index (Phi) is 7.36. The fraction of sp³-hybridized carbons (Fsp3) is 0.435. The number of benzene rings is 1. The summed E-state index contributed by atoms with van der Waals surface area (Å²) in [6.07, 6.45) is 6.44. The lowest BCUT2D eigenvalue weighted by Gasteiger charge is -2.29. The van der Waals surface area contributed by atoms with Crippen molar-refractivity contribution in [3.63, 3.8) is 0 Å². The van der Waals surface area contributed by atoms with Gasteiger partial charge in [-0.15, -0.1) is 0 Å². The first-order valence-corrected chi connectivity index (χ1v) is 10.2. The topological polar surface area (TPSA) is 80.3 Å². The van der Waals surface area contributed by atoms with E-state index in [0.29, 0.717) is 17.9 Å². The van der Waals surface area contributed by atoms with Crippen LogP contribution in [0, 0.1) is 11.8 Å². The van der Waals surface area contributed by atoms with Crippen molar-refractivity contribution in [1.29, 1.82) is 0 Å². The maximum atomic E-state index is 12.7. The van der Waals surface area contributed by atoms with Gasteiger partial charge < -0.3 is 15.4 Å². The third-order valence-electron chi connectivity index (χ3n) is 5.59. The molecule has 154 valence electrons. The van der Waals surface area contributed by atoms with Crippen molar-refractivity contribution < 1.29 is 14.3 Å². The molecule has 6 nitrogen and oxygen atoms in total. The highest BCUT2D eigenvalue weighted by molar-refractivity contribution is 5.95. The smallest absolute Gasteiger partial charge is 0.310 e. The van der Waals surface area contributed by atoms with Crippen LogP contribution in [0.25, 0.3) is 11.1 Å². The molecule has 6 heteroatoms. The van der Waals surface area contributed by atoms with Gasteiger partial charge in [0.25, 0.3) is 5.91 Å². The van der Waals surface area contributed by atoms with E-state index in [1.54, 1.807) is 24.5 Å². The lowest BCUT2D eigenvalue weighted by Crippen LogP contribution is -2.44. The highest BCUT2D eigenvalue weighted by atomic mass is 16.5. The van der Waals surface area contributed by atoms with Crippen molar-refractivity contribution in [1.82, 2.24) is 15.6 Å². The minimum atomic E-state index is -0.358. The van der Waals surface area contributed by atoms with Crippen molar-refractivity contribution >= 4 is 11.9 Å². The minimum absolute atomic E-state index is 0.189. The molecule has 2 heterocycles. The number of hydrogen-bond donors (Lipinski definition) is 2. The highest BCUT2D eigenvalue weighted by Gasteiger charge is 2.30. The Morgan fingerprint density at radius 1 is 1.24 bits per heavy atom. The van der Waals surface area contributed by atoms with Crippen LogP contribution < -0.4 is 10.6 Å². The predicted octanol–water partition coefficient (Wildman–Crippen LogP) is 3.05. The van der Waals surface area contributed by atoms with Gasteiger partial charge in [0.2, 0.25) is 0 Å². The number of nitrogens with one attached hydrogen (secondary N) is 2. The molecule has 1 aromatic heterocycles. The molecule has 1 unspecified atom stereocenters. The van der Waals surface area contributed by atoms with Crippen molar-refractivity contribution in [2.45, 2.75) is 32.2 Å². The molecule has 0 bridgehead atoms. The second kappa shape index (κ2) is 10.2. The molecule has 1 amide bonds. The highest BCUT2D eigenvalue weighted by Crippen LogP contribution is 2.23. The number of methoxy groups -OCH3 is 1. The summed E-state index contributed by atoms with van der Waals surface area (Å²) in [5, 5.41) is 6.37. The van der Waals surface area contributed by atoms with Gasteiger partial charge >= 0.3 is 5.97 Å². The summed E-state index contributed by atoms with van der Waals surface area (Å²) in [5.41, 5.74) is 2.56. The van der Waals surface area contributed by atoms with Crippen molar-refractivity contribution in [3.05, 3.63) is 54.4 Å². The van der Waals surface area contributed by atoms with Crippen LogP contribution in [-0.4, -0.2) is 43.1 Å². The summed E-state index contributed by atoms with van der Waals surface area (Å²) in [5.74, 6) is -0.393. The normalized spacial score (nSPS) is 18.5. The fourth-order valence-corrected chi connectivity index (χ4v) is 3.88. The first kappa shape index (κ1) is 21.0. The van der Waals surface area contributed by atoms with Gasteiger partial charge in [-0.25, -0.2) is 0 Å². The molecule has 0 radical (unpaired) electrons. The van der Waals surface area contributed by atoms with Crippen LogP contribution in [0.2, 0.25) is 0 Å². The molecule has 1 fully saturated rings.